The maximum atomic E-state index is 5.80. The molecular weight excluding hydrogens is 336 g/mol. The second kappa shape index (κ2) is 10.7. The highest BCUT2D eigenvalue weighted by atomic mass is 35.5. The largest absolute Gasteiger partial charge is 0.357 e. The van der Waals surface area contributed by atoms with Crippen molar-refractivity contribution in [3.63, 3.8) is 0 Å². The van der Waals surface area contributed by atoms with Crippen molar-refractivity contribution in [2.45, 2.75) is 39.7 Å². The van der Waals surface area contributed by atoms with Crippen LogP contribution in [0.2, 0.25) is 5.15 Å². The van der Waals surface area contributed by atoms with E-state index in [9.17, 15) is 0 Å². The summed E-state index contributed by atoms with van der Waals surface area (Å²) in [6.07, 6.45) is 8.71. The number of aryl methyl sites for hydroxylation is 2. The third-order valence-electron chi connectivity index (χ3n) is 3.84. The molecule has 136 valence electrons. The quantitative estimate of drug-likeness (QED) is 0.311. The van der Waals surface area contributed by atoms with Gasteiger partial charge in [-0.2, -0.15) is 0 Å². The van der Waals surface area contributed by atoms with E-state index in [-0.39, 0.29) is 0 Å². The highest BCUT2D eigenvalue weighted by Gasteiger charge is 1.99. The van der Waals surface area contributed by atoms with Crippen molar-refractivity contribution in [1.82, 2.24) is 25.2 Å². The summed E-state index contributed by atoms with van der Waals surface area (Å²) in [6.45, 7) is 7.57. The summed E-state index contributed by atoms with van der Waals surface area (Å²) in [5.41, 5.74) is 1.16. The maximum absolute atomic E-state index is 5.80. The first-order valence-electron chi connectivity index (χ1n) is 8.79. The lowest BCUT2D eigenvalue weighted by Crippen LogP contribution is -2.38. The summed E-state index contributed by atoms with van der Waals surface area (Å²) in [6, 6.07) is 3.82. The molecule has 0 amide bonds. The van der Waals surface area contributed by atoms with Gasteiger partial charge in [0.05, 0.1) is 0 Å². The monoisotopic (exact) mass is 362 g/mol. The summed E-state index contributed by atoms with van der Waals surface area (Å²) in [7, 11) is 0. The van der Waals surface area contributed by atoms with Crippen molar-refractivity contribution < 1.29 is 0 Å². The molecule has 0 fully saturated rings. The van der Waals surface area contributed by atoms with E-state index in [0.717, 1.165) is 62.8 Å². The van der Waals surface area contributed by atoms with E-state index >= 15 is 0 Å². The maximum Gasteiger partial charge on any atom is 0.191 e. The third-order valence-corrected chi connectivity index (χ3v) is 4.06. The molecule has 6 nitrogen and oxygen atoms in total. The highest BCUT2D eigenvalue weighted by Crippen LogP contribution is 2.05. The molecule has 0 aliphatic rings. The van der Waals surface area contributed by atoms with Crippen LogP contribution in [-0.4, -0.2) is 40.1 Å². The molecule has 2 rings (SSSR count). The summed E-state index contributed by atoms with van der Waals surface area (Å²) >= 11 is 5.80. The van der Waals surface area contributed by atoms with Crippen molar-refractivity contribution in [2.24, 2.45) is 4.99 Å². The van der Waals surface area contributed by atoms with Gasteiger partial charge in [0, 0.05) is 44.8 Å². The smallest absolute Gasteiger partial charge is 0.191 e. The first-order valence-corrected chi connectivity index (χ1v) is 9.17. The van der Waals surface area contributed by atoms with Crippen LogP contribution in [0.4, 0.5) is 0 Å². The number of nitrogens with one attached hydrogen (secondary N) is 2. The highest BCUT2D eigenvalue weighted by molar-refractivity contribution is 6.29. The van der Waals surface area contributed by atoms with E-state index in [1.54, 1.807) is 0 Å². The molecule has 0 aromatic carbocycles. The Hall–Kier alpha value is -2.08. The van der Waals surface area contributed by atoms with Crippen LogP contribution >= 0.6 is 11.6 Å². The Bertz CT molecular complexity index is 650. The molecular formula is C18H27ClN6. The minimum Gasteiger partial charge on any atom is -0.357 e. The third kappa shape index (κ3) is 7.13. The Morgan fingerprint density at radius 2 is 2.12 bits per heavy atom. The molecule has 0 aliphatic carbocycles. The summed E-state index contributed by atoms with van der Waals surface area (Å²) in [5, 5.41) is 7.16. The number of rotatable bonds is 9. The van der Waals surface area contributed by atoms with Crippen molar-refractivity contribution in [3.05, 3.63) is 47.3 Å². The van der Waals surface area contributed by atoms with Gasteiger partial charge in [-0.15, -0.1) is 0 Å². The molecule has 0 saturated carbocycles. The van der Waals surface area contributed by atoms with Gasteiger partial charge in [0.2, 0.25) is 0 Å². The number of pyridine rings is 1. The van der Waals surface area contributed by atoms with Crippen LogP contribution in [0.3, 0.4) is 0 Å². The predicted molar refractivity (Wildman–Crippen MR) is 103 cm³/mol. The van der Waals surface area contributed by atoms with Crippen LogP contribution in [0.15, 0.2) is 35.7 Å². The zero-order valence-corrected chi connectivity index (χ0v) is 15.8. The number of nitrogens with zero attached hydrogens (tertiary/aromatic N) is 4. The number of hydrogen-bond donors (Lipinski definition) is 2. The second-order valence-corrected chi connectivity index (χ2v) is 6.19. The number of hydrogen-bond acceptors (Lipinski definition) is 3. The van der Waals surface area contributed by atoms with Crippen molar-refractivity contribution in [3.8, 4) is 0 Å². The molecule has 0 unspecified atom stereocenters. The number of unbranched alkanes of at least 4 members (excludes halogenated alkanes) is 1. The average molecular weight is 363 g/mol. The van der Waals surface area contributed by atoms with Gasteiger partial charge < -0.3 is 15.2 Å². The van der Waals surface area contributed by atoms with Gasteiger partial charge in [-0.25, -0.2) is 9.97 Å². The number of aliphatic imine (C=N–C) groups is 1. The molecule has 0 saturated heterocycles. The van der Waals surface area contributed by atoms with Gasteiger partial charge in [-0.3, -0.25) is 4.99 Å². The minimum atomic E-state index is 0.525. The van der Waals surface area contributed by atoms with Gasteiger partial charge in [-0.05, 0) is 44.7 Å². The fraction of sp³-hybridized carbons (Fsp3) is 0.500. The molecule has 25 heavy (non-hydrogen) atoms. The van der Waals surface area contributed by atoms with E-state index < -0.39 is 0 Å². The normalized spacial score (nSPS) is 11.6. The molecule has 7 heteroatoms. The molecule has 2 aromatic heterocycles. The Balaban J connectivity index is 1.68. The second-order valence-electron chi connectivity index (χ2n) is 5.80. The van der Waals surface area contributed by atoms with Crippen molar-refractivity contribution in [1.29, 1.82) is 0 Å². The lowest BCUT2D eigenvalue weighted by atomic mass is 10.2. The molecule has 0 aliphatic heterocycles. The van der Waals surface area contributed by atoms with Gasteiger partial charge in [-0.1, -0.05) is 17.7 Å². The van der Waals surface area contributed by atoms with E-state index in [0.29, 0.717) is 5.15 Å². The van der Waals surface area contributed by atoms with E-state index in [1.807, 2.05) is 37.6 Å². The molecule has 0 spiro atoms. The number of imidazole rings is 1. The van der Waals surface area contributed by atoms with Crippen LogP contribution in [0, 0.1) is 6.92 Å². The molecule has 2 heterocycles. The predicted octanol–water partition coefficient (Wildman–Crippen LogP) is 2.82. The fourth-order valence-corrected chi connectivity index (χ4v) is 2.56. The summed E-state index contributed by atoms with van der Waals surface area (Å²) < 4.78 is 2.17. The average Bonchev–Trinajstić information content (AvgIpc) is 3.01. The van der Waals surface area contributed by atoms with E-state index in [2.05, 4.69) is 37.1 Å². The lowest BCUT2D eigenvalue weighted by Gasteiger charge is -2.11. The topological polar surface area (TPSA) is 67.1 Å². The van der Waals surface area contributed by atoms with Gasteiger partial charge >= 0.3 is 0 Å². The van der Waals surface area contributed by atoms with Crippen LogP contribution in [0.1, 0.15) is 31.2 Å². The Labute approximate surface area is 154 Å². The molecule has 0 bridgehead atoms. The summed E-state index contributed by atoms with van der Waals surface area (Å²) in [5.74, 6) is 1.93. The Morgan fingerprint density at radius 1 is 1.24 bits per heavy atom. The van der Waals surface area contributed by atoms with E-state index in [4.69, 9.17) is 11.6 Å². The Kier molecular flexibility index (Phi) is 8.25. The Morgan fingerprint density at radius 3 is 2.80 bits per heavy atom. The standard InChI is InChI=1S/C18H27ClN6/c1-3-20-18(23-10-8-16-6-7-17(19)24-14-16)22-9-4-5-12-25-13-11-21-15(25)2/h6-7,11,13-14H,3-5,8-10,12H2,1-2H3,(H2,20,22,23). The zero-order valence-electron chi connectivity index (χ0n) is 15.0. The summed E-state index contributed by atoms with van der Waals surface area (Å²) in [4.78, 5) is 13.0. The first kappa shape index (κ1) is 19.2. The lowest BCUT2D eigenvalue weighted by molar-refractivity contribution is 0.600. The first-order chi connectivity index (χ1) is 12.2. The van der Waals surface area contributed by atoms with Crippen LogP contribution in [-0.2, 0) is 13.0 Å². The zero-order chi connectivity index (χ0) is 17.9. The minimum absolute atomic E-state index is 0.525. The van der Waals surface area contributed by atoms with Gasteiger partial charge in [0.25, 0.3) is 0 Å². The number of halogens is 1. The molecule has 0 atom stereocenters. The SMILES string of the molecule is CCNC(=NCCCCn1ccnc1C)NCCc1ccc(Cl)nc1. The van der Waals surface area contributed by atoms with Crippen LogP contribution < -0.4 is 10.6 Å². The van der Waals surface area contributed by atoms with Crippen molar-refractivity contribution >= 4 is 17.6 Å². The van der Waals surface area contributed by atoms with E-state index in [1.165, 1.54) is 0 Å². The number of aromatic nitrogens is 3. The van der Waals surface area contributed by atoms with Crippen molar-refractivity contribution in [2.75, 3.05) is 19.6 Å². The van der Waals surface area contributed by atoms with Gasteiger partial charge in [0.1, 0.15) is 11.0 Å². The fourth-order valence-electron chi connectivity index (χ4n) is 2.45. The molecule has 2 aromatic rings. The van der Waals surface area contributed by atoms with Crippen LogP contribution in [0.5, 0.6) is 0 Å². The van der Waals surface area contributed by atoms with Crippen LogP contribution in [0.25, 0.3) is 0 Å². The molecule has 0 radical (unpaired) electrons. The number of guanidine groups is 1. The molecule has 2 N–H and O–H groups in total. The van der Waals surface area contributed by atoms with Gasteiger partial charge in [0.15, 0.2) is 5.96 Å².